The minimum absolute atomic E-state index is 0.0182. The first-order valence-corrected chi connectivity index (χ1v) is 11.0. The Balaban J connectivity index is 1.32. The Morgan fingerprint density at radius 2 is 1.56 bits per heavy atom. The minimum atomic E-state index is -0.0182. The van der Waals surface area contributed by atoms with E-state index in [0.29, 0.717) is 37.7 Å². The van der Waals surface area contributed by atoms with Crippen molar-refractivity contribution in [2.45, 2.75) is 0 Å². The molecule has 2 heterocycles. The predicted molar refractivity (Wildman–Crippen MR) is 131 cm³/mol. The number of benzene rings is 2. The van der Waals surface area contributed by atoms with Gasteiger partial charge >= 0.3 is 0 Å². The van der Waals surface area contributed by atoms with E-state index in [1.165, 1.54) is 0 Å². The third-order valence-electron chi connectivity index (χ3n) is 5.78. The van der Waals surface area contributed by atoms with Crippen LogP contribution in [0.25, 0.3) is 17.3 Å². The number of ether oxygens (including phenoxy) is 3. The molecule has 0 aliphatic carbocycles. The maximum Gasteiger partial charge on any atom is 0.246 e. The van der Waals surface area contributed by atoms with E-state index >= 15 is 0 Å². The molecule has 0 saturated carbocycles. The lowest BCUT2D eigenvalue weighted by atomic mass is 10.1. The van der Waals surface area contributed by atoms with Crippen LogP contribution in [0.1, 0.15) is 5.56 Å². The first-order valence-electron chi connectivity index (χ1n) is 11.0. The molecule has 1 amide bonds. The van der Waals surface area contributed by atoms with Crippen molar-refractivity contribution in [3.63, 3.8) is 0 Å². The maximum absolute atomic E-state index is 12.7. The molecule has 1 aliphatic rings. The van der Waals surface area contributed by atoms with Crippen LogP contribution in [0.15, 0.2) is 60.7 Å². The zero-order chi connectivity index (χ0) is 23.9. The van der Waals surface area contributed by atoms with Crippen LogP contribution in [0.2, 0.25) is 0 Å². The Morgan fingerprint density at radius 3 is 2.18 bits per heavy atom. The molecule has 0 unspecified atom stereocenters. The average Bonchev–Trinajstić information content (AvgIpc) is 2.91. The van der Waals surface area contributed by atoms with E-state index in [1.54, 1.807) is 33.5 Å². The summed E-state index contributed by atoms with van der Waals surface area (Å²) in [7, 11) is 4.83. The number of anilines is 1. The van der Waals surface area contributed by atoms with Crippen molar-refractivity contribution >= 4 is 17.8 Å². The molecule has 1 saturated heterocycles. The molecule has 2 aromatic carbocycles. The second kappa shape index (κ2) is 10.7. The van der Waals surface area contributed by atoms with Crippen molar-refractivity contribution in [2.24, 2.45) is 0 Å². The molecule has 0 spiro atoms. The molecule has 8 heteroatoms. The van der Waals surface area contributed by atoms with Crippen molar-refractivity contribution in [1.29, 1.82) is 0 Å². The van der Waals surface area contributed by atoms with Gasteiger partial charge in [-0.2, -0.15) is 0 Å². The summed E-state index contributed by atoms with van der Waals surface area (Å²) in [6.45, 7) is 2.65. The van der Waals surface area contributed by atoms with Crippen LogP contribution in [0.5, 0.6) is 17.2 Å². The lowest BCUT2D eigenvalue weighted by molar-refractivity contribution is -0.126. The number of piperazine rings is 1. The minimum Gasteiger partial charge on any atom is -0.497 e. The molecule has 3 aromatic rings. The Kier molecular flexibility index (Phi) is 7.27. The van der Waals surface area contributed by atoms with Gasteiger partial charge in [0.25, 0.3) is 0 Å². The summed E-state index contributed by atoms with van der Waals surface area (Å²) in [4.78, 5) is 16.7. The summed E-state index contributed by atoms with van der Waals surface area (Å²) in [6.07, 6.45) is 3.39. The normalized spacial score (nSPS) is 13.7. The van der Waals surface area contributed by atoms with E-state index < -0.39 is 0 Å². The smallest absolute Gasteiger partial charge is 0.246 e. The summed E-state index contributed by atoms with van der Waals surface area (Å²) >= 11 is 0. The highest BCUT2D eigenvalue weighted by molar-refractivity contribution is 5.92. The van der Waals surface area contributed by atoms with Crippen LogP contribution >= 0.6 is 0 Å². The molecule has 8 nitrogen and oxygen atoms in total. The number of aromatic nitrogens is 2. The van der Waals surface area contributed by atoms with Crippen molar-refractivity contribution in [1.82, 2.24) is 15.1 Å². The van der Waals surface area contributed by atoms with Gasteiger partial charge in [-0.15, -0.1) is 10.2 Å². The number of methoxy groups -OCH3 is 3. The van der Waals surface area contributed by atoms with Gasteiger partial charge in [0.15, 0.2) is 17.3 Å². The summed E-state index contributed by atoms with van der Waals surface area (Å²) in [5.74, 6) is 2.88. The Bertz CT molecular complexity index is 1140. The van der Waals surface area contributed by atoms with Gasteiger partial charge in [-0.3, -0.25) is 4.79 Å². The summed E-state index contributed by atoms with van der Waals surface area (Å²) in [5.41, 5.74) is 2.66. The zero-order valence-corrected chi connectivity index (χ0v) is 19.6. The van der Waals surface area contributed by atoms with E-state index in [9.17, 15) is 4.79 Å². The lowest BCUT2D eigenvalue weighted by Gasteiger charge is -2.34. The van der Waals surface area contributed by atoms with Gasteiger partial charge in [0.1, 0.15) is 5.75 Å². The van der Waals surface area contributed by atoms with Crippen LogP contribution in [0, 0.1) is 0 Å². The third kappa shape index (κ3) is 5.28. The number of hydrogen-bond acceptors (Lipinski definition) is 7. The molecular weight excluding hydrogens is 432 g/mol. The van der Waals surface area contributed by atoms with Crippen molar-refractivity contribution in [3.8, 4) is 28.5 Å². The van der Waals surface area contributed by atoms with Crippen LogP contribution in [0.4, 0.5) is 5.82 Å². The summed E-state index contributed by atoms with van der Waals surface area (Å²) in [5, 5.41) is 8.78. The van der Waals surface area contributed by atoms with Crippen molar-refractivity contribution in [3.05, 3.63) is 66.2 Å². The van der Waals surface area contributed by atoms with Gasteiger partial charge in [-0.05, 0) is 60.2 Å². The predicted octanol–water partition coefficient (Wildman–Crippen LogP) is 3.53. The monoisotopic (exact) mass is 460 g/mol. The molecule has 0 radical (unpaired) electrons. The molecule has 1 aromatic heterocycles. The van der Waals surface area contributed by atoms with E-state index in [-0.39, 0.29) is 5.91 Å². The quantitative estimate of drug-likeness (QED) is 0.499. The van der Waals surface area contributed by atoms with Gasteiger partial charge in [0.05, 0.1) is 27.0 Å². The highest BCUT2D eigenvalue weighted by Crippen LogP contribution is 2.28. The first-order chi connectivity index (χ1) is 16.6. The van der Waals surface area contributed by atoms with Gasteiger partial charge in [-0.25, -0.2) is 0 Å². The molecule has 1 aliphatic heterocycles. The average molecular weight is 461 g/mol. The number of rotatable bonds is 7. The zero-order valence-electron chi connectivity index (χ0n) is 19.6. The van der Waals surface area contributed by atoms with Crippen LogP contribution in [0.3, 0.4) is 0 Å². The number of hydrogen-bond donors (Lipinski definition) is 0. The Morgan fingerprint density at radius 1 is 0.824 bits per heavy atom. The Labute approximate surface area is 199 Å². The molecule has 4 rings (SSSR count). The van der Waals surface area contributed by atoms with E-state index in [4.69, 9.17) is 14.2 Å². The largest absolute Gasteiger partial charge is 0.497 e. The molecule has 0 N–H and O–H groups in total. The topological polar surface area (TPSA) is 77.0 Å². The van der Waals surface area contributed by atoms with Crippen LogP contribution in [-0.2, 0) is 4.79 Å². The first kappa shape index (κ1) is 23.1. The van der Waals surface area contributed by atoms with Gasteiger partial charge < -0.3 is 24.0 Å². The molecule has 1 fully saturated rings. The molecule has 34 heavy (non-hydrogen) atoms. The van der Waals surface area contributed by atoms with Gasteiger partial charge in [0.2, 0.25) is 5.91 Å². The Hall–Kier alpha value is -4.07. The van der Waals surface area contributed by atoms with Crippen molar-refractivity contribution < 1.29 is 19.0 Å². The second-order valence-electron chi connectivity index (χ2n) is 7.77. The van der Waals surface area contributed by atoms with E-state index in [2.05, 4.69) is 15.1 Å². The fourth-order valence-electron chi connectivity index (χ4n) is 3.79. The second-order valence-corrected chi connectivity index (χ2v) is 7.77. The molecule has 0 atom stereocenters. The third-order valence-corrected chi connectivity index (χ3v) is 5.78. The van der Waals surface area contributed by atoms with Gasteiger partial charge in [-0.1, -0.05) is 6.07 Å². The fourth-order valence-corrected chi connectivity index (χ4v) is 3.79. The fraction of sp³-hybridized carbons (Fsp3) is 0.269. The highest BCUT2D eigenvalue weighted by Gasteiger charge is 2.21. The van der Waals surface area contributed by atoms with Crippen molar-refractivity contribution in [2.75, 3.05) is 52.4 Å². The van der Waals surface area contributed by atoms with Crippen LogP contribution < -0.4 is 19.1 Å². The number of nitrogens with zero attached hydrogens (tertiary/aromatic N) is 4. The SMILES string of the molecule is COc1ccc(-c2ccc(N3CCN(C(=O)/C=C/c4ccc(OC)c(OC)c4)CC3)nn2)cc1. The standard InChI is InChI=1S/C26H28N4O4/c1-32-21-8-6-20(7-9-21)22-10-12-25(28-27-22)29-14-16-30(17-15-29)26(31)13-5-19-4-11-23(33-2)24(18-19)34-3/h4-13,18H,14-17H2,1-3H3/b13-5+. The molecule has 176 valence electrons. The number of amides is 1. The van der Waals surface area contributed by atoms with E-state index in [1.807, 2.05) is 59.5 Å². The maximum atomic E-state index is 12.7. The molecular formula is C26H28N4O4. The van der Waals surface area contributed by atoms with E-state index in [0.717, 1.165) is 28.4 Å². The number of carbonyl (C=O) groups is 1. The van der Waals surface area contributed by atoms with Gasteiger partial charge in [0, 0.05) is 37.8 Å². The number of carbonyl (C=O) groups excluding carboxylic acids is 1. The van der Waals surface area contributed by atoms with Crippen LogP contribution in [-0.4, -0.2) is 68.5 Å². The molecule has 0 bridgehead atoms. The lowest BCUT2D eigenvalue weighted by Crippen LogP contribution is -2.48. The summed E-state index contributed by atoms with van der Waals surface area (Å²) < 4.78 is 15.8. The summed E-state index contributed by atoms with van der Waals surface area (Å²) in [6, 6.07) is 17.2. The highest BCUT2D eigenvalue weighted by atomic mass is 16.5.